The number of rotatable bonds is 5. The molecule has 2 aliphatic rings. The highest BCUT2D eigenvalue weighted by molar-refractivity contribution is 7.89. The van der Waals surface area contributed by atoms with Crippen molar-refractivity contribution in [2.24, 2.45) is 0 Å². The molecule has 0 spiro atoms. The number of amides is 1. The standard InChI is InChI=1S/C20H30N2O4S/c1-15-8-6-7-13-22(15)27(24,25)19-14-16(11-12-18(19)26-2)20(23)21-17-9-4-3-5-10-17/h11-12,14-15,17H,3-10,13H2,1-2H3,(H,21,23). The first kappa shape index (κ1) is 20.1. The predicted molar refractivity (Wildman–Crippen MR) is 105 cm³/mol. The number of carbonyl (C=O) groups excluding carboxylic acids is 1. The van der Waals surface area contributed by atoms with Gasteiger partial charge in [0.05, 0.1) is 7.11 Å². The van der Waals surface area contributed by atoms with Gasteiger partial charge < -0.3 is 10.1 Å². The van der Waals surface area contributed by atoms with Gasteiger partial charge in [0.25, 0.3) is 5.91 Å². The Morgan fingerprint density at radius 2 is 1.81 bits per heavy atom. The van der Waals surface area contributed by atoms with E-state index < -0.39 is 10.0 Å². The number of hydrogen-bond acceptors (Lipinski definition) is 4. The highest BCUT2D eigenvalue weighted by Crippen LogP contribution is 2.31. The monoisotopic (exact) mass is 394 g/mol. The minimum atomic E-state index is -3.71. The molecule has 1 saturated carbocycles. The molecule has 2 fully saturated rings. The van der Waals surface area contributed by atoms with Crippen molar-refractivity contribution in [3.05, 3.63) is 23.8 Å². The number of nitrogens with zero attached hydrogens (tertiary/aromatic N) is 1. The molecular formula is C20H30N2O4S. The van der Waals surface area contributed by atoms with Gasteiger partial charge in [0.2, 0.25) is 10.0 Å². The second-order valence-corrected chi connectivity index (χ2v) is 9.49. The van der Waals surface area contributed by atoms with E-state index in [9.17, 15) is 13.2 Å². The normalized spacial score (nSPS) is 22.4. The van der Waals surface area contributed by atoms with Crippen LogP contribution in [0.15, 0.2) is 23.1 Å². The third-order valence-corrected chi connectivity index (χ3v) is 7.73. The largest absolute Gasteiger partial charge is 0.495 e. The molecule has 27 heavy (non-hydrogen) atoms. The van der Waals surface area contributed by atoms with E-state index in [1.54, 1.807) is 12.1 Å². The van der Waals surface area contributed by atoms with Gasteiger partial charge in [0, 0.05) is 24.2 Å². The number of benzene rings is 1. The molecule has 1 atom stereocenters. The van der Waals surface area contributed by atoms with Crippen LogP contribution in [0.1, 0.15) is 68.6 Å². The Hall–Kier alpha value is -1.60. The maximum atomic E-state index is 13.3. The molecule has 7 heteroatoms. The summed E-state index contributed by atoms with van der Waals surface area (Å²) in [6.07, 6.45) is 8.17. The number of sulfonamides is 1. The van der Waals surface area contributed by atoms with Crippen molar-refractivity contribution in [2.75, 3.05) is 13.7 Å². The van der Waals surface area contributed by atoms with E-state index in [4.69, 9.17) is 4.74 Å². The van der Waals surface area contributed by atoms with Crippen LogP contribution in [-0.2, 0) is 10.0 Å². The van der Waals surface area contributed by atoms with E-state index >= 15 is 0 Å². The Kier molecular flexibility index (Phi) is 6.42. The summed E-state index contributed by atoms with van der Waals surface area (Å²) < 4.78 is 33.4. The van der Waals surface area contributed by atoms with E-state index in [1.807, 2.05) is 6.92 Å². The first-order valence-electron chi connectivity index (χ1n) is 9.94. The molecule has 1 aliphatic carbocycles. The zero-order valence-electron chi connectivity index (χ0n) is 16.2. The zero-order chi connectivity index (χ0) is 19.4. The van der Waals surface area contributed by atoms with Gasteiger partial charge in [-0.3, -0.25) is 4.79 Å². The number of carbonyl (C=O) groups is 1. The van der Waals surface area contributed by atoms with Crippen LogP contribution >= 0.6 is 0 Å². The van der Waals surface area contributed by atoms with Crippen molar-refractivity contribution in [1.29, 1.82) is 0 Å². The maximum absolute atomic E-state index is 13.3. The molecule has 1 aliphatic heterocycles. The van der Waals surface area contributed by atoms with Gasteiger partial charge in [-0.2, -0.15) is 4.31 Å². The lowest BCUT2D eigenvalue weighted by molar-refractivity contribution is 0.0927. The fourth-order valence-electron chi connectivity index (χ4n) is 4.09. The topological polar surface area (TPSA) is 75.7 Å². The highest BCUT2D eigenvalue weighted by Gasteiger charge is 2.33. The van der Waals surface area contributed by atoms with E-state index in [-0.39, 0.29) is 28.6 Å². The summed E-state index contributed by atoms with van der Waals surface area (Å²) in [7, 11) is -2.26. The average molecular weight is 395 g/mol. The van der Waals surface area contributed by atoms with Gasteiger partial charge in [-0.1, -0.05) is 25.7 Å². The number of nitrogens with one attached hydrogen (secondary N) is 1. The molecule has 1 unspecified atom stereocenters. The third-order valence-electron chi connectivity index (χ3n) is 5.69. The highest BCUT2D eigenvalue weighted by atomic mass is 32.2. The summed E-state index contributed by atoms with van der Waals surface area (Å²) in [6, 6.07) is 4.81. The van der Waals surface area contributed by atoms with Crippen LogP contribution in [0.4, 0.5) is 0 Å². The first-order chi connectivity index (χ1) is 12.9. The van der Waals surface area contributed by atoms with Gasteiger partial charge in [-0.05, 0) is 50.8 Å². The molecule has 1 amide bonds. The molecule has 1 saturated heterocycles. The van der Waals surface area contributed by atoms with Crippen LogP contribution in [0.5, 0.6) is 5.75 Å². The second-order valence-electron chi connectivity index (χ2n) is 7.63. The van der Waals surface area contributed by atoms with Crippen molar-refractivity contribution in [3.8, 4) is 5.75 Å². The molecule has 0 bridgehead atoms. The van der Waals surface area contributed by atoms with E-state index in [0.717, 1.165) is 44.9 Å². The molecular weight excluding hydrogens is 364 g/mol. The first-order valence-corrected chi connectivity index (χ1v) is 11.4. The van der Waals surface area contributed by atoms with Gasteiger partial charge >= 0.3 is 0 Å². The Bertz CT molecular complexity index is 772. The zero-order valence-corrected chi connectivity index (χ0v) is 17.1. The summed E-state index contributed by atoms with van der Waals surface area (Å²) in [5, 5.41) is 3.05. The van der Waals surface area contributed by atoms with Crippen LogP contribution in [0.3, 0.4) is 0 Å². The summed E-state index contributed by atoms with van der Waals surface area (Å²) in [4.78, 5) is 12.8. The minimum absolute atomic E-state index is 0.0480. The Morgan fingerprint density at radius 1 is 1.11 bits per heavy atom. The quantitative estimate of drug-likeness (QED) is 0.831. The van der Waals surface area contributed by atoms with Gasteiger partial charge in [0.15, 0.2) is 0 Å². The minimum Gasteiger partial charge on any atom is -0.495 e. The summed E-state index contributed by atoms with van der Waals surface area (Å²) in [5.41, 5.74) is 0.365. The Balaban J connectivity index is 1.87. The number of methoxy groups -OCH3 is 1. The summed E-state index contributed by atoms with van der Waals surface area (Å²) >= 11 is 0. The van der Waals surface area contributed by atoms with Crippen LogP contribution in [0, 0.1) is 0 Å². The molecule has 1 heterocycles. The SMILES string of the molecule is COc1ccc(C(=O)NC2CCCCC2)cc1S(=O)(=O)N1CCCCC1C. The van der Waals surface area contributed by atoms with Crippen molar-refractivity contribution in [3.63, 3.8) is 0 Å². The number of piperidine rings is 1. The third kappa shape index (κ3) is 4.46. The summed E-state index contributed by atoms with van der Waals surface area (Å²) in [5.74, 6) is 0.0645. The Morgan fingerprint density at radius 3 is 2.48 bits per heavy atom. The van der Waals surface area contributed by atoms with Crippen LogP contribution in [0.25, 0.3) is 0 Å². The van der Waals surface area contributed by atoms with E-state index in [2.05, 4.69) is 5.32 Å². The number of hydrogen-bond donors (Lipinski definition) is 1. The van der Waals surface area contributed by atoms with Crippen LogP contribution in [0.2, 0.25) is 0 Å². The lowest BCUT2D eigenvalue weighted by atomic mass is 9.95. The smallest absolute Gasteiger partial charge is 0.251 e. The van der Waals surface area contributed by atoms with Crippen molar-refractivity contribution < 1.29 is 17.9 Å². The van der Waals surface area contributed by atoms with Crippen molar-refractivity contribution in [2.45, 2.75) is 75.3 Å². The fourth-order valence-corrected chi connectivity index (χ4v) is 5.97. The van der Waals surface area contributed by atoms with Crippen LogP contribution < -0.4 is 10.1 Å². The predicted octanol–water partition coefficient (Wildman–Crippen LogP) is 3.32. The Labute approximate surface area is 162 Å². The lowest BCUT2D eigenvalue weighted by Gasteiger charge is -2.32. The molecule has 3 rings (SSSR count). The molecule has 1 N–H and O–H groups in total. The van der Waals surface area contributed by atoms with Gasteiger partial charge in [-0.25, -0.2) is 8.42 Å². The molecule has 150 valence electrons. The molecule has 6 nitrogen and oxygen atoms in total. The second kappa shape index (κ2) is 8.61. The van der Waals surface area contributed by atoms with E-state index in [1.165, 1.54) is 23.9 Å². The van der Waals surface area contributed by atoms with Crippen molar-refractivity contribution in [1.82, 2.24) is 9.62 Å². The molecule has 1 aromatic carbocycles. The van der Waals surface area contributed by atoms with Crippen LogP contribution in [-0.4, -0.2) is 44.4 Å². The molecule has 0 aromatic heterocycles. The number of ether oxygens (including phenoxy) is 1. The lowest BCUT2D eigenvalue weighted by Crippen LogP contribution is -2.42. The fraction of sp³-hybridized carbons (Fsp3) is 0.650. The molecule has 1 aromatic rings. The van der Waals surface area contributed by atoms with Crippen molar-refractivity contribution >= 4 is 15.9 Å². The van der Waals surface area contributed by atoms with Gasteiger partial charge in [-0.15, -0.1) is 0 Å². The maximum Gasteiger partial charge on any atom is 0.251 e. The summed E-state index contributed by atoms with van der Waals surface area (Å²) in [6.45, 7) is 2.44. The molecule has 0 radical (unpaired) electrons. The average Bonchev–Trinajstić information content (AvgIpc) is 2.68. The van der Waals surface area contributed by atoms with Gasteiger partial charge in [0.1, 0.15) is 10.6 Å². The van der Waals surface area contributed by atoms with E-state index in [0.29, 0.717) is 12.1 Å².